The molecule has 0 N–H and O–H groups in total. The summed E-state index contributed by atoms with van der Waals surface area (Å²) in [6.07, 6.45) is 1.80. The first-order chi connectivity index (χ1) is 15.1. The number of methoxy groups -OCH3 is 1. The first-order valence-corrected chi connectivity index (χ1v) is 10.3. The maximum absolute atomic E-state index is 13.1. The van der Waals surface area contributed by atoms with Gasteiger partial charge in [-0.15, -0.1) is 0 Å². The van der Waals surface area contributed by atoms with Crippen LogP contribution in [0.5, 0.6) is 17.2 Å². The Labute approximate surface area is 181 Å². The predicted molar refractivity (Wildman–Crippen MR) is 118 cm³/mol. The quantitative estimate of drug-likeness (QED) is 0.565. The van der Waals surface area contributed by atoms with Crippen LogP contribution in [0.15, 0.2) is 66.4 Å². The molecular weight excluding hydrogens is 390 g/mol. The van der Waals surface area contributed by atoms with Gasteiger partial charge in [0.05, 0.1) is 18.2 Å². The molecule has 3 aromatic carbocycles. The third kappa shape index (κ3) is 3.68. The lowest BCUT2D eigenvalue weighted by molar-refractivity contribution is 0.0872. The molecule has 5 nitrogen and oxygen atoms in total. The number of benzene rings is 3. The maximum Gasteiger partial charge on any atom is 0.232 e. The van der Waals surface area contributed by atoms with Gasteiger partial charge in [-0.3, -0.25) is 9.69 Å². The Morgan fingerprint density at radius 2 is 1.87 bits per heavy atom. The van der Waals surface area contributed by atoms with Crippen LogP contribution in [0, 0.1) is 6.92 Å². The fraction of sp³-hybridized carbons (Fsp3) is 0.192. The van der Waals surface area contributed by atoms with Crippen molar-refractivity contribution in [1.29, 1.82) is 0 Å². The van der Waals surface area contributed by atoms with E-state index in [4.69, 9.17) is 14.2 Å². The van der Waals surface area contributed by atoms with E-state index in [-0.39, 0.29) is 5.78 Å². The van der Waals surface area contributed by atoms with E-state index in [0.29, 0.717) is 30.3 Å². The van der Waals surface area contributed by atoms with Crippen LogP contribution in [0.3, 0.4) is 0 Å². The normalized spacial score (nSPS) is 16.5. The second-order valence-corrected chi connectivity index (χ2v) is 7.83. The standard InChI is InChI=1S/C26H23NO4/c1-17-12-22-21(15-27(16-30-22)14-19-8-10-20(29-2)11-9-19)26-24(17)25(28)23(31-26)13-18-6-4-3-5-7-18/h3-13H,14-16H2,1-2H3/b23-13-. The van der Waals surface area contributed by atoms with Crippen molar-refractivity contribution >= 4 is 11.9 Å². The van der Waals surface area contributed by atoms with Crippen molar-refractivity contribution in [3.63, 3.8) is 0 Å². The van der Waals surface area contributed by atoms with Crippen LogP contribution in [-0.4, -0.2) is 24.5 Å². The highest BCUT2D eigenvalue weighted by Gasteiger charge is 2.35. The van der Waals surface area contributed by atoms with Crippen molar-refractivity contribution < 1.29 is 19.0 Å². The van der Waals surface area contributed by atoms with E-state index in [2.05, 4.69) is 17.0 Å². The summed E-state index contributed by atoms with van der Waals surface area (Å²) < 4.78 is 17.4. The number of aryl methyl sites for hydroxylation is 1. The number of hydrogen-bond acceptors (Lipinski definition) is 5. The number of ether oxygens (including phenoxy) is 3. The number of nitrogens with zero attached hydrogens (tertiary/aromatic N) is 1. The van der Waals surface area contributed by atoms with Gasteiger partial charge in [0, 0.05) is 13.1 Å². The summed E-state index contributed by atoms with van der Waals surface area (Å²) in [5.74, 6) is 2.52. The Kier molecular flexibility index (Phi) is 4.96. The van der Waals surface area contributed by atoms with Crippen LogP contribution in [0.2, 0.25) is 0 Å². The minimum Gasteiger partial charge on any atom is -0.497 e. The Morgan fingerprint density at radius 3 is 2.61 bits per heavy atom. The van der Waals surface area contributed by atoms with Crippen molar-refractivity contribution in [2.45, 2.75) is 20.0 Å². The molecule has 0 amide bonds. The number of Topliss-reactive ketones (excluding diaryl/α,β-unsaturated/α-hetero) is 1. The van der Waals surface area contributed by atoms with Crippen LogP contribution < -0.4 is 14.2 Å². The highest BCUT2D eigenvalue weighted by atomic mass is 16.5. The monoisotopic (exact) mass is 413 g/mol. The van der Waals surface area contributed by atoms with Crippen molar-refractivity contribution in [3.05, 3.63) is 94.2 Å². The molecular formula is C26H23NO4. The molecule has 31 heavy (non-hydrogen) atoms. The molecule has 5 rings (SSSR count). The highest BCUT2D eigenvalue weighted by molar-refractivity contribution is 6.15. The Bertz CT molecular complexity index is 1170. The zero-order valence-corrected chi connectivity index (χ0v) is 17.6. The summed E-state index contributed by atoms with van der Waals surface area (Å²) in [4.78, 5) is 15.3. The van der Waals surface area contributed by atoms with Gasteiger partial charge >= 0.3 is 0 Å². The number of rotatable bonds is 4. The zero-order chi connectivity index (χ0) is 21.4. The molecule has 0 aromatic heterocycles. The summed E-state index contributed by atoms with van der Waals surface area (Å²) in [5, 5.41) is 0. The molecule has 0 aliphatic carbocycles. The van der Waals surface area contributed by atoms with Crippen molar-refractivity contribution in [1.82, 2.24) is 4.90 Å². The lowest BCUT2D eigenvalue weighted by Crippen LogP contribution is -2.31. The molecule has 2 heterocycles. The maximum atomic E-state index is 13.1. The van der Waals surface area contributed by atoms with Crippen LogP contribution in [0.1, 0.15) is 32.6 Å². The average molecular weight is 413 g/mol. The number of fused-ring (bicyclic) bond motifs is 3. The fourth-order valence-electron chi connectivity index (χ4n) is 4.07. The summed E-state index contributed by atoms with van der Waals surface area (Å²) >= 11 is 0. The van der Waals surface area contributed by atoms with E-state index in [9.17, 15) is 4.79 Å². The molecule has 0 saturated carbocycles. The molecule has 0 fully saturated rings. The van der Waals surface area contributed by atoms with Crippen molar-refractivity contribution in [2.75, 3.05) is 13.8 Å². The fourth-order valence-corrected chi connectivity index (χ4v) is 4.07. The molecule has 0 saturated heterocycles. The van der Waals surface area contributed by atoms with Crippen LogP contribution in [0.4, 0.5) is 0 Å². The summed E-state index contributed by atoms with van der Waals surface area (Å²) in [6.45, 7) is 3.79. The van der Waals surface area contributed by atoms with Gasteiger partial charge in [0.25, 0.3) is 0 Å². The lowest BCUT2D eigenvalue weighted by Gasteiger charge is -2.30. The predicted octanol–water partition coefficient (Wildman–Crippen LogP) is 4.97. The summed E-state index contributed by atoms with van der Waals surface area (Å²) in [7, 11) is 1.66. The highest BCUT2D eigenvalue weighted by Crippen LogP contribution is 2.44. The average Bonchev–Trinajstić information content (AvgIpc) is 3.12. The van der Waals surface area contributed by atoms with E-state index in [1.165, 1.54) is 5.56 Å². The van der Waals surface area contributed by atoms with Crippen LogP contribution in [-0.2, 0) is 13.1 Å². The molecule has 3 aromatic rings. The van der Waals surface area contributed by atoms with Crippen molar-refractivity contribution in [2.24, 2.45) is 0 Å². The number of hydrogen-bond donors (Lipinski definition) is 0. The second kappa shape index (κ2) is 7.93. The van der Waals surface area contributed by atoms with E-state index in [1.807, 2.05) is 55.5 Å². The topological polar surface area (TPSA) is 48.0 Å². The molecule has 5 heteroatoms. The van der Waals surface area contributed by atoms with Crippen molar-refractivity contribution in [3.8, 4) is 17.2 Å². The van der Waals surface area contributed by atoms with Gasteiger partial charge in [0.2, 0.25) is 5.78 Å². The Balaban J connectivity index is 1.43. The Morgan fingerprint density at radius 1 is 1.10 bits per heavy atom. The Hall–Kier alpha value is -3.57. The van der Waals surface area contributed by atoms with E-state index < -0.39 is 0 Å². The van der Waals surface area contributed by atoms with E-state index in [1.54, 1.807) is 13.2 Å². The molecule has 156 valence electrons. The molecule has 0 atom stereocenters. The number of carbonyl (C=O) groups excluding carboxylic acids is 1. The first kappa shape index (κ1) is 19.4. The minimum absolute atomic E-state index is 0.0774. The SMILES string of the molecule is COc1ccc(CN2COc3cc(C)c4c(c3C2)O/C(=C\c2ccccc2)C4=O)cc1. The summed E-state index contributed by atoms with van der Waals surface area (Å²) in [5.41, 5.74) is 4.53. The zero-order valence-electron chi connectivity index (χ0n) is 17.6. The van der Waals surface area contributed by atoms with Crippen LogP contribution in [0.25, 0.3) is 6.08 Å². The number of carbonyl (C=O) groups is 1. The van der Waals surface area contributed by atoms with Gasteiger partial charge in [-0.25, -0.2) is 0 Å². The van der Waals surface area contributed by atoms with Gasteiger partial charge in [-0.2, -0.15) is 0 Å². The van der Waals surface area contributed by atoms with Gasteiger partial charge < -0.3 is 14.2 Å². The molecule has 2 aliphatic heterocycles. The van der Waals surface area contributed by atoms with Gasteiger partial charge in [-0.05, 0) is 47.9 Å². The third-order valence-electron chi connectivity index (χ3n) is 5.65. The molecule has 0 spiro atoms. The first-order valence-electron chi connectivity index (χ1n) is 10.3. The van der Waals surface area contributed by atoms with Gasteiger partial charge in [0.15, 0.2) is 5.76 Å². The molecule has 2 aliphatic rings. The van der Waals surface area contributed by atoms with Crippen LogP contribution >= 0.6 is 0 Å². The molecule has 0 bridgehead atoms. The molecule has 0 radical (unpaired) electrons. The lowest BCUT2D eigenvalue weighted by atomic mass is 9.98. The number of ketones is 1. The van der Waals surface area contributed by atoms with E-state index >= 15 is 0 Å². The summed E-state index contributed by atoms with van der Waals surface area (Å²) in [6, 6.07) is 19.7. The smallest absolute Gasteiger partial charge is 0.232 e. The molecule has 0 unspecified atom stereocenters. The van der Waals surface area contributed by atoms with Gasteiger partial charge in [-0.1, -0.05) is 42.5 Å². The number of allylic oxidation sites excluding steroid dienone is 1. The van der Waals surface area contributed by atoms with E-state index in [0.717, 1.165) is 34.7 Å². The second-order valence-electron chi connectivity index (χ2n) is 7.83. The third-order valence-corrected chi connectivity index (χ3v) is 5.65. The van der Waals surface area contributed by atoms with Gasteiger partial charge in [0.1, 0.15) is 24.0 Å². The largest absolute Gasteiger partial charge is 0.497 e. The minimum atomic E-state index is -0.0774.